The Bertz CT molecular complexity index is 1160. The first-order chi connectivity index (χ1) is 13.8. The summed E-state index contributed by atoms with van der Waals surface area (Å²) in [5.74, 6) is -1.35. The van der Waals surface area contributed by atoms with Crippen LogP contribution in [0.1, 0.15) is 6.92 Å². The molecule has 0 aliphatic heterocycles. The molecule has 0 amide bonds. The van der Waals surface area contributed by atoms with Gasteiger partial charge in [0.1, 0.15) is 22.6 Å². The van der Waals surface area contributed by atoms with Crippen molar-refractivity contribution in [3.63, 3.8) is 0 Å². The van der Waals surface area contributed by atoms with Gasteiger partial charge in [0.15, 0.2) is 17.1 Å². The number of esters is 1. The van der Waals surface area contributed by atoms with E-state index in [0.717, 1.165) is 0 Å². The fourth-order valence-electron chi connectivity index (χ4n) is 2.93. The van der Waals surface area contributed by atoms with Gasteiger partial charge < -0.3 is 33.6 Å². The molecule has 2 N–H and O–H groups in total. The summed E-state index contributed by atoms with van der Waals surface area (Å²) in [6, 6.07) is 5.12. The van der Waals surface area contributed by atoms with E-state index in [0.29, 0.717) is 0 Å². The highest BCUT2D eigenvalue weighted by Gasteiger charge is 2.26. The second kappa shape index (κ2) is 7.63. The molecule has 0 saturated carbocycles. The predicted molar refractivity (Wildman–Crippen MR) is 102 cm³/mol. The summed E-state index contributed by atoms with van der Waals surface area (Å²) in [6.07, 6.45) is 0. The number of carbonyl (C=O) groups excluding carboxylic acids is 1. The van der Waals surface area contributed by atoms with Gasteiger partial charge in [-0.2, -0.15) is 0 Å². The number of benzene rings is 2. The number of ether oxygens (including phenoxy) is 4. The summed E-state index contributed by atoms with van der Waals surface area (Å²) < 4.78 is 26.7. The molecule has 2 aromatic carbocycles. The molecule has 0 radical (unpaired) electrons. The van der Waals surface area contributed by atoms with Crippen molar-refractivity contribution in [1.29, 1.82) is 0 Å². The fraction of sp³-hybridized carbons (Fsp3) is 0.200. The van der Waals surface area contributed by atoms with Crippen LogP contribution in [0.5, 0.6) is 34.5 Å². The number of methoxy groups -OCH3 is 3. The molecule has 0 spiro atoms. The first kappa shape index (κ1) is 19.9. The highest BCUT2D eigenvalue weighted by Crippen LogP contribution is 2.45. The third-order valence-corrected chi connectivity index (χ3v) is 4.11. The molecule has 0 aliphatic carbocycles. The highest BCUT2D eigenvalue weighted by atomic mass is 16.5. The van der Waals surface area contributed by atoms with Crippen molar-refractivity contribution in [2.45, 2.75) is 6.92 Å². The smallest absolute Gasteiger partial charge is 0.308 e. The van der Waals surface area contributed by atoms with Gasteiger partial charge >= 0.3 is 5.97 Å². The van der Waals surface area contributed by atoms with Crippen LogP contribution in [0.3, 0.4) is 0 Å². The van der Waals surface area contributed by atoms with Gasteiger partial charge in [0.05, 0.1) is 26.9 Å². The molecule has 152 valence electrons. The molecule has 0 atom stereocenters. The summed E-state index contributed by atoms with van der Waals surface area (Å²) in [7, 11) is 3.95. The van der Waals surface area contributed by atoms with Gasteiger partial charge in [0, 0.05) is 13.0 Å². The van der Waals surface area contributed by atoms with Crippen molar-refractivity contribution in [2.24, 2.45) is 0 Å². The van der Waals surface area contributed by atoms with E-state index in [2.05, 4.69) is 0 Å². The number of fused-ring (bicyclic) bond motifs is 1. The number of carbonyl (C=O) groups is 1. The van der Waals surface area contributed by atoms with Crippen LogP contribution in [-0.2, 0) is 4.79 Å². The van der Waals surface area contributed by atoms with Crippen LogP contribution in [0.4, 0.5) is 0 Å². The number of aromatic hydroxyl groups is 2. The zero-order valence-corrected chi connectivity index (χ0v) is 16.1. The zero-order valence-electron chi connectivity index (χ0n) is 16.1. The molecule has 0 fully saturated rings. The van der Waals surface area contributed by atoms with Gasteiger partial charge in [-0.05, 0) is 18.2 Å². The number of hydrogen-bond acceptors (Lipinski definition) is 9. The van der Waals surface area contributed by atoms with E-state index in [9.17, 15) is 19.8 Å². The summed E-state index contributed by atoms with van der Waals surface area (Å²) in [5.41, 5.74) is -0.720. The van der Waals surface area contributed by atoms with Crippen LogP contribution in [0.25, 0.3) is 22.3 Å². The van der Waals surface area contributed by atoms with Crippen LogP contribution in [0.15, 0.2) is 33.5 Å². The monoisotopic (exact) mass is 402 g/mol. The lowest BCUT2D eigenvalue weighted by Crippen LogP contribution is -2.10. The van der Waals surface area contributed by atoms with E-state index < -0.39 is 17.1 Å². The first-order valence-electron chi connectivity index (χ1n) is 8.32. The van der Waals surface area contributed by atoms with Crippen molar-refractivity contribution in [3.8, 4) is 45.8 Å². The molecule has 3 rings (SSSR count). The molecule has 3 aromatic rings. The summed E-state index contributed by atoms with van der Waals surface area (Å²) in [6.45, 7) is 1.20. The van der Waals surface area contributed by atoms with Gasteiger partial charge in [-0.1, -0.05) is 0 Å². The second-order valence-corrected chi connectivity index (χ2v) is 5.90. The number of hydrogen-bond donors (Lipinski definition) is 2. The molecule has 9 heteroatoms. The van der Waals surface area contributed by atoms with Crippen LogP contribution < -0.4 is 24.4 Å². The Hall–Kier alpha value is -3.88. The van der Waals surface area contributed by atoms with Gasteiger partial charge in [0.25, 0.3) is 0 Å². The van der Waals surface area contributed by atoms with E-state index in [1.807, 2.05) is 0 Å². The lowest BCUT2D eigenvalue weighted by atomic mass is 10.1. The van der Waals surface area contributed by atoms with Crippen LogP contribution in [0, 0.1) is 0 Å². The first-order valence-corrected chi connectivity index (χ1v) is 8.32. The summed E-state index contributed by atoms with van der Waals surface area (Å²) >= 11 is 0. The Balaban J connectivity index is 2.48. The fourth-order valence-corrected chi connectivity index (χ4v) is 2.93. The standard InChI is InChI=1S/C20H18O9/c1-9(21)28-13-6-5-10(22)7-11(13)17-20(27-4)16(24)15-12(23)8-14(25-2)18(26-3)19(15)29-17/h5-8,22-23H,1-4H3. The topological polar surface area (TPSA) is 125 Å². The number of phenolic OH excluding ortho intramolecular Hbond substituents is 2. The number of rotatable bonds is 5. The molecule has 0 bridgehead atoms. The SMILES string of the molecule is COc1cc(O)c2c(=O)c(OC)c(-c3cc(O)ccc3OC(C)=O)oc2c1OC. The Morgan fingerprint density at radius 1 is 0.966 bits per heavy atom. The largest absolute Gasteiger partial charge is 0.508 e. The minimum absolute atomic E-state index is 0.0298. The van der Waals surface area contributed by atoms with Crippen LogP contribution in [-0.4, -0.2) is 37.5 Å². The molecule has 9 nitrogen and oxygen atoms in total. The van der Waals surface area contributed by atoms with Crippen LogP contribution in [0.2, 0.25) is 0 Å². The van der Waals surface area contributed by atoms with Crippen molar-refractivity contribution in [1.82, 2.24) is 0 Å². The summed E-state index contributed by atoms with van der Waals surface area (Å²) in [4.78, 5) is 24.5. The molecule has 1 heterocycles. The minimum atomic E-state index is -0.695. The Kier molecular flexibility index (Phi) is 5.22. The van der Waals surface area contributed by atoms with E-state index in [1.54, 1.807) is 0 Å². The van der Waals surface area contributed by atoms with E-state index in [4.69, 9.17) is 23.4 Å². The van der Waals surface area contributed by atoms with E-state index >= 15 is 0 Å². The summed E-state index contributed by atoms with van der Waals surface area (Å²) in [5, 5.41) is 20.1. The molecular weight excluding hydrogens is 384 g/mol. The van der Waals surface area contributed by atoms with Gasteiger partial charge in [-0.15, -0.1) is 0 Å². The van der Waals surface area contributed by atoms with Gasteiger partial charge in [-0.3, -0.25) is 9.59 Å². The normalized spacial score (nSPS) is 10.6. The molecule has 29 heavy (non-hydrogen) atoms. The maximum Gasteiger partial charge on any atom is 0.308 e. The lowest BCUT2D eigenvalue weighted by molar-refractivity contribution is -0.131. The van der Waals surface area contributed by atoms with Crippen molar-refractivity contribution in [2.75, 3.05) is 21.3 Å². The third kappa shape index (κ3) is 3.38. The average molecular weight is 402 g/mol. The molecular formula is C20H18O9. The minimum Gasteiger partial charge on any atom is -0.508 e. The Morgan fingerprint density at radius 3 is 2.24 bits per heavy atom. The predicted octanol–water partition coefficient (Wildman–Crippen LogP) is 2.82. The molecule has 1 aromatic heterocycles. The van der Waals surface area contributed by atoms with Crippen molar-refractivity contribution >= 4 is 16.9 Å². The lowest BCUT2D eigenvalue weighted by Gasteiger charge is -2.15. The van der Waals surface area contributed by atoms with Crippen molar-refractivity contribution < 1.29 is 38.4 Å². The van der Waals surface area contributed by atoms with Crippen LogP contribution >= 0.6 is 0 Å². The second-order valence-electron chi connectivity index (χ2n) is 5.90. The molecule has 0 aliphatic rings. The number of phenols is 2. The Morgan fingerprint density at radius 2 is 1.66 bits per heavy atom. The zero-order chi connectivity index (χ0) is 21.3. The average Bonchev–Trinajstić information content (AvgIpc) is 2.68. The maximum absolute atomic E-state index is 13.0. The maximum atomic E-state index is 13.0. The molecule has 0 unspecified atom stereocenters. The van der Waals surface area contributed by atoms with Gasteiger partial charge in [-0.25, -0.2) is 0 Å². The van der Waals surface area contributed by atoms with Crippen molar-refractivity contribution in [3.05, 3.63) is 34.5 Å². The van der Waals surface area contributed by atoms with Gasteiger partial charge in [0.2, 0.25) is 16.9 Å². The third-order valence-electron chi connectivity index (χ3n) is 4.11. The Labute approximate surface area is 164 Å². The molecule has 0 saturated heterocycles. The quantitative estimate of drug-likeness (QED) is 0.489. The van der Waals surface area contributed by atoms with E-state index in [1.165, 1.54) is 52.5 Å². The van der Waals surface area contributed by atoms with E-state index in [-0.39, 0.29) is 51.0 Å². The highest BCUT2D eigenvalue weighted by molar-refractivity contribution is 5.94.